The summed E-state index contributed by atoms with van der Waals surface area (Å²) in [7, 11) is -3.68. The maximum Gasteiger partial charge on any atom is 0.323 e. The van der Waals surface area contributed by atoms with Crippen LogP contribution in [0.2, 0.25) is 0 Å². The topological polar surface area (TPSA) is 104 Å². The molecule has 1 fully saturated rings. The minimum atomic E-state index is -3.68. The van der Waals surface area contributed by atoms with Crippen molar-refractivity contribution in [2.75, 3.05) is 6.54 Å². The van der Waals surface area contributed by atoms with Crippen molar-refractivity contribution in [3.05, 3.63) is 29.3 Å². The van der Waals surface area contributed by atoms with Gasteiger partial charge in [0.25, 0.3) is 5.91 Å². The predicted octanol–water partition coefficient (Wildman–Crippen LogP) is 1.76. The van der Waals surface area contributed by atoms with E-state index in [0.29, 0.717) is 12.0 Å². The van der Waals surface area contributed by atoms with Crippen LogP contribution in [0.3, 0.4) is 0 Å². The first kappa shape index (κ1) is 19.4. The van der Waals surface area contributed by atoms with Gasteiger partial charge in [-0.25, -0.2) is 13.1 Å². The number of nitrogens with one attached hydrogen (secondary N) is 1. The molecule has 1 aliphatic carbocycles. The van der Waals surface area contributed by atoms with Gasteiger partial charge in [0.2, 0.25) is 10.0 Å². The van der Waals surface area contributed by atoms with Gasteiger partial charge in [-0.2, -0.15) is 0 Å². The number of rotatable bonds is 8. The SMILES string of the molecule is CCC(C)N(CC(=O)O)C(=O)c1cc(S(=O)(=O)NC2CC2)ccc1C. The van der Waals surface area contributed by atoms with Crippen molar-refractivity contribution in [3.8, 4) is 0 Å². The Hall–Kier alpha value is -1.93. The van der Waals surface area contributed by atoms with Gasteiger partial charge in [-0.15, -0.1) is 0 Å². The fourth-order valence-corrected chi connectivity index (χ4v) is 3.77. The second-order valence-corrected chi connectivity index (χ2v) is 8.17. The molecule has 1 aromatic carbocycles. The molecule has 0 aliphatic heterocycles. The van der Waals surface area contributed by atoms with Crippen molar-refractivity contribution in [1.29, 1.82) is 0 Å². The van der Waals surface area contributed by atoms with E-state index in [-0.39, 0.29) is 22.5 Å². The van der Waals surface area contributed by atoms with Crippen LogP contribution in [0.25, 0.3) is 0 Å². The first-order chi connectivity index (χ1) is 11.7. The van der Waals surface area contributed by atoms with Gasteiger partial charge in [0.05, 0.1) is 4.90 Å². The molecule has 0 spiro atoms. The van der Waals surface area contributed by atoms with Crippen LogP contribution in [0.1, 0.15) is 49.0 Å². The first-order valence-electron chi connectivity index (χ1n) is 8.31. The predicted molar refractivity (Wildman–Crippen MR) is 92.9 cm³/mol. The van der Waals surface area contributed by atoms with E-state index in [2.05, 4.69) is 4.72 Å². The molecule has 1 saturated carbocycles. The van der Waals surface area contributed by atoms with Crippen molar-refractivity contribution in [2.45, 2.75) is 57.0 Å². The highest BCUT2D eigenvalue weighted by Gasteiger charge is 2.30. The van der Waals surface area contributed by atoms with Crippen LogP contribution < -0.4 is 4.72 Å². The number of carbonyl (C=O) groups excluding carboxylic acids is 1. The summed E-state index contributed by atoms with van der Waals surface area (Å²) in [5, 5.41) is 9.08. The van der Waals surface area contributed by atoms with Gasteiger partial charge >= 0.3 is 5.97 Å². The third kappa shape index (κ3) is 4.79. The molecule has 0 bridgehead atoms. The van der Waals surface area contributed by atoms with Gasteiger partial charge in [-0.1, -0.05) is 13.0 Å². The lowest BCUT2D eigenvalue weighted by molar-refractivity contribution is -0.138. The average Bonchev–Trinajstić information content (AvgIpc) is 3.34. The molecule has 138 valence electrons. The molecule has 1 unspecified atom stereocenters. The van der Waals surface area contributed by atoms with Crippen LogP contribution in [0.4, 0.5) is 0 Å². The third-order valence-corrected chi connectivity index (χ3v) is 5.86. The van der Waals surface area contributed by atoms with E-state index in [0.717, 1.165) is 12.8 Å². The zero-order valence-electron chi connectivity index (χ0n) is 14.7. The highest BCUT2D eigenvalue weighted by molar-refractivity contribution is 7.89. The van der Waals surface area contributed by atoms with Crippen LogP contribution in [0.5, 0.6) is 0 Å². The molecule has 0 saturated heterocycles. The lowest BCUT2D eigenvalue weighted by atomic mass is 10.1. The first-order valence-corrected chi connectivity index (χ1v) is 9.79. The van der Waals surface area contributed by atoms with Crippen molar-refractivity contribution >= 4 is 21.9 Å². The molecule has 1 aromatic rings. The van der Waals surface area contributed by atoms with Crippen LogP contribution >= 0.6 is 0 Å². The number of carbonyl (C=O) groups is 2. The highest BCUT2D eigenvalue weighted by Crippen LogP contribution is 2.24. The maximum absolute atomic E-state index is 12.9. The molecule has 8 heteroatoms. The summed E-state index contributed by atoms with van der Waals surface area (Å²) in [6.45, 7) is 4.91. The lowest BCUT2D eigenvalue weighted by Crippen LogP contribution is -2.42. The Bertz CT molecular complexity index is 771. The van der Waals surface area contributed by atoms with Crippen LogP contribution in [0.15, 0.2) is 23.1 Å². The number of aryl methyl sites for hydroxylation is 1. The molecule has 0 aromatic heterocycles. The van der Waals surface area contributed by atoms with Gasteiger partial charge in [0, 0.05) is 17.6 Å². The Morgan fingerprint density at radius 1 is 1.36 bits per heavy atom. The molecule has 7 nitrogen and oxygen atoms in total. The van der Waals surface area contributed by atoms with Gasteiger partial charge in [-0.05, 0) is 50.8 Å². The van der Waals surface area contributed by atoms with Crippen molar-refractivity contribution in [1.82, 2.24) is 9.62 Å². The molecule has 2 rings (SSSR count). The molecular weight excluding hydrogens is 344 g/mol. The van der Waals surface area contributed by atoms with Crippen molar-refractivity contribution in [2.24, 2.45) is 0 Å². The molecule has 0 radical (unpaired) electrons. The summed E-state index contributed by atoms with van der Waals surface area (Å²) >= 11 is 0. The minimum absolute atomic E-state index is 0.0211. The second-order valence-electron chi connectivity index (χ2n) is 6.46. The third-order valence-electron chi connectivity index (χ3n) is 4.34. The van der Waals surface area contributed by atoms with E-state index in [4.69, 9.17) is 5.11 Å². The summed E-state index contributed by atoms with van der Waals surface area (Å²) < 4.78 is 27.3. The van der Waals surface area contributed by atoms with E-state index in [1.807, 2.05) is 6.92 Å². The van der Waals surface area contributed by atoms with Gasteiger partial charge in [0.15, 0.2) is 0 Å². The van der Waals surface area contributed by atoms with Crippen LogP contribution in [-0.2, 0) is 14.8 Å². The molecule has 1 amide bonds. The van der Waals surface area contributed by atoms with Crippen molar-refractivity contribution < 1.29 is 23.1 Å². The zero-order chi connectivity index (χ0) is 18.8. The Morgan fingerprint density at radius 3 is 2.52 bits per heavy atom. The number of hydrogen-bond acceptors (Lipinski definition) is 4. The highest BCUT2D eigenvalue weighted by atomic mass is 32.2. The Balaban J connectivity index is 2.37. The fraction of sp³-hybridized carbons (Fsp3) is 0.529. The van der Waals surface area contributed by atoms with E-state index < -0.39 is 28.4 Å². The Labute approximate surface area is 148 Å². The summed E-state index contributed by atoms with van der Waals surface area (Å²) in [6.07, 6.45) is 2.23. The molecular formula is C17H24N2O5S. The lowest BCUT2D eigenvalue weighted by Gasteiger charge is -2.27. The molecule has 1 aliphatic rings. The smallest absolute Gasteiger partial charge is 0.323 e. The molecule has 25 heavy (non-hydrogen) atoms. The quantitative estimate of drug-likeness (QED) is 0.728. The number of aliphatic carboxylic acids is 1. The van der Waals surface area contributed by atoms with Gasteiger partial charge in [-0.3, -0.25) is 9.59 Å². The minimum Gasteiger partial charge on any atom is -0.480 e. The summed E-state index contributed by atoms with van der Waals surface area (Å²) in [5.41, 5.74) is 0.814. The second kappa shape index (κ2) is 7.53. The number of carboxylic acids is 1. The van der Waals surface area contributed by atoms with E-state index in [1.165, 1.54) is 17.0 Å². The normalized spacial score (nSPS) is 15.6. The van der Waals surface area contributed by atoms with Crippen LogP contribution in [0, 0.1) is 6.92 Å². The Morgan fingerprint density at radius 2 is 2.00 bits per heavy atom. The monoisotopic (exact) mass is 368 g/mol. The van der Waals surface area contributed by atoms with E-state index in [1.54, 1.807) is 19.9 Å². The summed E-state index contributed by atoms with van der Waals surface area (Å²) in [4.78, 5) is 25.2. The number of amides is 1. The number of sulfonamides is 1. The molecule has 1 atom stereocenters. The number of nitrogens with zero attached hydrogens (tertiary/aromatic N) is 1. The Kier molecular flexibility index (Phi) is 5.84. The molecule has 2 N–H and O–H groups in total. The zero-order valence-corrected chi connectivity index (χ0v) is 15.5. The van der Waals surface area contributed by atoms with Crippen LogP contribution in [-0.4, -0.2) is 48.9 Å². The van der Waals surface area contributed by atoms with E-state index in [9.17, 15) is 18.0 Å². The van der Waals surface area contributed by atoms with Crippen molar-refractivity contribution in [3.63, 3.8) is 0 Å². The van der Waals surface area contributed by atoms with Gasteiger partial charge < -0.3 is 10.0 Å². The number of benzene rings is 1. The fourth-order valence-electron chi connectivity index (χ4n) is 2.44. The average molecular weight is 368 g/mol. The molecule has 0 heterocycles. The summed E-state index contributed by atoms with van der Waals surface area (Å²) in [6, 6.07) is 4.06. The number of hydrogen-bond donors (Lipinski definition) is 2. The number of carboxylic acid groups (broad SMARTS) is 1. The summed E-state index contributed by atoms with van der Waals surface area (Å²) in [5.74, 6) is -1.58. The largest absolute Gasteiger partial charge is 0.480 e. The van der Waals surface area contributed by atoms with Gasteiger partial charge in [0.1, 0.15) is 6.54 Å². The maximum atomic E-state index is 12.9. The van der Waals surface area contributed by atoms with E-state index >= 15 is 0 Å². The standard InChI is InChI=1S/C17H24N2O5S/c1-4-12(3)19(10-16(20)21)17(22)15-9-14(8-5-11(15)2)25(23,24)18-13-6-7-13/h5,8-9,12-13,18H,4,6-7,10H2,1-3H3,(H,20,21).